The molecule has 0 spiro atoms. The molecule has 1 heterocycles. The van der Waals surface area contributed by atoms with Gasteiger partial charge in [-0.25, -0.2) is 0 Å². The molecule has 4 rings (SSSR count). The third-order valence-electron chi connectivity index (χ3n) is 6.61. The Morgan fingerprint density at radius 1 is 0.977 bits per heavy atom. The predicted molar refractivity (Wildman–Crippen MR) is 150 cm³/mol. The second kappa shape index (κ2) is 13.4. The quantitative estimate of drug-likeness (QED) is 0.245. The number of hydrogen-bond donors (Lipinski definition) is 0. The number of amides is 1. The van der Waals surface area contributed by atoms with E-state index in [1.165, 1.54) is 44.4 Å². The molecule has 0 fully saturated rings. The molecule has 1 amide bonds. The van der Waals surface area contributed by atoms with Crippen molar-refractivity contribution < 1.29 is 51.2 Å². The number of nitrogens with zero attached hydrogens (tertiary/aromatic N) is 1. The first-order valence-electron chi connectivity index (χ1n) is 13.0. The topological polar surface area (TPSA) is 92.8 Å². The normalized spacial score (nSPS) is 16.7. The second-order valence-corrected chi connectivity index (χ2v) is 9.68. The van der Waals surface area contributed by atoms with Crippen LogP contribution in [-0.4, -0.2) is 52.3 Å². The van der Waals surface area contributed by atoms with Crippen LogP contribution in [0, 0.1) is 0 Å². The number of rotatable bonds is 10. The van der Waals surface area contributed by atoms with E-state index in [0.29, 0.717) is 28.3 Å². The lowest BCUT2D eigenvalue weighted by Gasteiger charge is -2.26. The molecule has 0 radical (unpaired) electrons. The van der Waals surface area contributed by atoms with Gasteiger partial charge in [0.1, 0.15) is 23.7 Å². The Kier molecular flexibility index (Phi) is 9.92. The third-order valence-corrected chi connectivity index (χ3v) is 6.84. The molecule has 0 aromatic heterocycles. The molecule has 230 valence electrons. The summed E-state index contributed by atoms with van der Waals surface area (Å²) in [5.41, 5.74) is 1.39. The third kappa shape index (κ3) is 7.26. The van der Waals surface area contributed by atoms with E-state index in [-0.39, 0.29) is 29.5 Å². The zero-order valence-electron chi connectivity index (χ0n) is 23.7. The van der Waals surface area contributed by atoms with Gasteiger partial charge >= 0.3 is 12.3 Å². The number of alkyl halides is 3. The predicted octanol–water partition coefficient (Wildman–Crippen LogP) is 6.24. The van der Waals surface area contributed by atoms with Crippen molar-refractivity contribution >= 4 is 29.2 Å². The van der Waals surface area contributed by atoms with Crippen LogP contribution in [0.3, 0.4) is 0 Å². The Bertz CT molecular complexity index is 1480. The Morgan fingerprint density at radius 2 is 1.74 bits per heavy atom. The van der Waals surface area contributed by atoms with Crippen LogP contribution in [0.4, 0.5) is 18.9 Å². The minimum atomic E-state index is -5.01. The van der Waals surface area contributed by atoms with Gasteiger partial charge in [0.05, 0.1) is 46.6 Å². The van der Waals surface area contributed by atoms with Crippen LogP contribution in [-0.2, 0) is 25.6 Å². The van der Waals surface area contributed by atoms with Crippen molar-refractivity contribution in [1.29, 1.82) is 0 Å². The fourth-order valence-corrected chi connectivity index (χ4v) is 4.98. The van der Waals surface area contributed by atoms with Gasteiger partial charge in [-0.1, -0.05) is 23.7 Å². The molecule has 2 atom stereocenters. The number of halogens is 4. The van der Waals surface area contributed by atoms with E-state index in [1.54, 1.807) is 37.3 Å². The molecule has 1 aliphatic heterocycles. The Morgan fingerprint density at radius 3 is 2.40 bits per heavy atom. The molecule has 9 nitrogen and oxygen atoms in total. The fraction of sp³-hybridized carbons (Fsp3) is 0.333. The van der Waals surface area contributed by atoms with Crippen molar-refractivity contribution in [2.24, 2.45) is 0 Å². The molecule has 3 aromatic carbocycles. The number of ether oxygens (including phenoxy) is 6. The number of methoxy groups -OCH3 is 3. The van der Waals surface area contributed by atoms with Crippen molar-refractivity contribution in [2.75, 3.05) is 32.8 Å². The Balaban J connectivity index is 1.91. The first kappa shape index (κ1) is 31.8. The average Bonchev–Trinajstić information content (AvgIpc) is 3.06. The number of carbonyl (C=O) groups is 2. The lowest BCUT2D eigenvalue weighted by molar-refractivity contribution is -0.275. The molecule has 0 aliphatic carbocycles. The maximum atomic E-state index is 14.1. The summed E-state index contributed by atoms with van der Waals surface area (Å²) in [7, 11) is 4.16. The zero-order chi connectivity index (χ0) is 31.3. The summed E-state index contributed by atoms with van der Waals surface area (Å²) in [5.74, 6) is -1.22. The van der Waals surface area contributed by atoms with Gasteiger partial charge in [-0.2, -0.15) is 0 Å². The van der Waals surface area contributed by atoms with Crippen molar-refractivity contribution in [3.63, 3.8) is 0 Å². The minimum Gasteiger partial charge on any atom is -0.497 e. The van der Waals surface area contributed by atoms with Gasteiger partial charge in [-0.15, -0.1) is 13.2 Å². The van der Waals surface area contributed by atoms with Gasteiger partial charge in [0.15, 0.2) is 11.5 Å². The van der Waals surface area contributed by atoms with Crippen molar-refractivity contribution in [3.05, 3.63) is 76.3 Å². The molecule has 13 heteroatoms. The van der Waals surface area contributed by atoms with Crippen LogP contribution in [0.1, 0.15) is 36.1 Å². The standard InChI is InChI=1S/C30H29ClF3NO8/c1-5-41-26(36)15-25-29(37)35(16-17-9-11-19(38-2)14-24(17)39-3)22-12-10-18(31)13-21(22)27(42-25)20-7-6-8-23(28(20)40-4)43-30(32,33)34/h6-14,25,27H,5,15-16H2,1-4H3/t25-,27-/m0/s1. The van der Waals surface area contributed by atoms with Crippen molar-refractivity contribution in [1.82, 2.24) is 0 Å². The smallest absolute Gasteiger partial charge is 0.497 e. The van der Waals surface area contributed by atoms with E-state index in [1.807, 2.05) is 0 Å². The first-order chi connectivity index (χ1) is 20.5. The molecule has 43 heavy (non-hydrogen) atoms. The van der Waals surface area contributed by atoms with Gasteiger partial charge in [-0.3, -0.25) is 9.59 Å². The highest BCUT2D eigenvalue weighted by molar-refractivity contribution is 6.30. The van der Waals surface area contributed by atoms with E-state index in [0.717, 1.165) is 6.07 Å². The molecule has 0 N–H and O–H groups in total. The minimum absolute atomic E-state index is 0.0234. The lowest BCUT2D eigenvalue weighted by atomic mass is 9.97. The summed E-state index contributed by atoms with van der Waals surface area (Å²) in [4.78, 5) is 28.2. The van der Waals surface area contributed by atoms with Crippen molar-refractivity contribution in [2.45, 2.75) is 38.5 Å². The molecule has 1 aliphatic rings. The molecule has 0 saturated carbocycles. The number of anilines is 1. The summed E-state index contributed by atoms with van der Waals surface area (Å²) in [6.07, 6.45) is -8.10. The van der Waals surface area contributed by atoms with E-state index in [2.05, 4.69) is 4.74 Å². The summed E-state index contributed by atoms with van der Waals surface area (Å²) in [5, 5.41) is 0.271. The van der Waals surface area contributed by atoms with Crippen LogP contribution < -0.4 is 23.8 Å². The second-order valence-electron chi connectivity index (χ2n) is 9.25. The van der Waals surface area contributed by atoms with Crippen LogP contribution in [0.2, 0.25) is 5.02 Å². The van der Waals surface area contributed by atoms with Gasteiger partial charge in [0, 0.05) is 27.8 Å². The number of para-hydroxylation sites is 1. The summed E-state index contributed by atoms with van der Waals surface area (Å²) in [6.45, 7) is 1.66. The molecular formula is C30H29ClF3NO8. The zero-order valence-corrected chi connectivity index (χ0v) is 24.5. The lowest BCUT2D eigenvalue weighted by Crippen LogP contribution is -2.40. The summed E-state index contributed by atoms with van der Waals surface area (Å²) in [6, 6.07) is 13.7. The highest BCUT2D eigenvalue weighted by Crippen LogP contribution is 2.46. The van der Waals surface area contributed by atoms with Crippen molar-refractivity contribution in [3.8, 4) is 23.0 Å². The summed E-state index contributed by atoms with van der Waals surface area (Å²) < 4.78 is 71.5. The molecule has 0 bridgehead atoms. The number of carbonyl (C=O) groups excluding carboxylic acids is 2. The van der Waals surface area contributed by atoms with E-state index < -0.39 is 42.6 Å². The number of benzene rings is 3. The fourth-order valence-electron chi connectivity index (χ4n) is 4.80. The van der Waals surface area contributed by atoms with Gasteiger partial charge in [-0.05, 0) is 43.3 Å². The molecular weight excluding hydrogens is 595 g/mol. The number of esters is 1. The van der Waals surface area contributed by atoms with Crippen LogP contribution in [0.15, 0.2) is 54.6 Å². The van der Waals surface area contributed by atoms with E-state index in [9.17, 15) is 22.8 Å². The Hall–Kier alpha value is -4.16. The average molecular weight is 624 g/mol. The highest BCUT2D eigenvalue weighted by Gasteiger charge is 2.40. The Labute approximate surface area is 250 Å². The maximum absolute atomic E-state index is 14.1. The maximum Gasteiger partial charge on any atom is 0.573 e. The van der Waals surface area contributed by atoms with Gasteiger partial charge < -0.3 is 33.3 Å². The molecule has 3 aromatic rings. The van der Waals surface area contributed by atoms with E-state index in [4.69, 9.17) is 35.3 Å². The molecule has 0 unspecified atom stereocenters. The summed E-state index contributed by atoms with van der Waals surface area (Å²) >= 11 is 6.39. The van der Waals surface area contributed by atoms with Gasteiger partial charge in [0.2, 0.25) is 0 Å². The monoisotopic (exact) mass is 623 g/mol. The van der Waals surface area contributed by atoms with E-state index >= 15 is 0 Å². The van der Waals surface area contributed by atoms with Crippen LogP contribution in [0.5, 0.6) is 23.0 Å². The van der Waals surface area contributed by atoms with Gasteiger partial charge in [0.25, 0.3) is 5.91 Å². The van der Waals surface area contributed by atoms with Crippen LogP contribution >= 0.6 is 11.6 Å². The number of hydrogen-bond acceptors (Lipinski definition) is 8. The highest BCUT2D eigenvalue weighted by atomic mass is 35.5. The SMILES string of the molecule is CCOC(=O)C[C@@H]1O[C@@H](c2cccc(OC(F)(F)F)c2OC)c2cc(Cl)ccc2N(Cc2ccc(OC)cc2OC)C1=O. The molecule has 0 saturated heterocycles. The van der Waals surface area contributed by atoms with Crippen LogP contribution in [0.25, 0.3) is 0 Å². The first-order valence-corrected chi connectivity index (χ1v) is 13.4. The number of fused-ring (bicyclic) bond motifs is 1. The largest absolute Gasteiger partial charge is 0.573 e.